The highest BCUT2D eigenvalue weighted by atomic mass is 35.5. The van der Waals surface area contributed by atoms with Crippen molar-refractivity contribution < 1.29 is 18.0 Å². The van der Waals surface area contributed by atoms with Crippen LogP contribution in [0.1, 0.15) is 16.1 Å². The Labute approximate surface area is 162 Å². The Morgan fingerprint density at radius 3 is 2.54 bits per heavy atom. The summed E-state index contributed by atoms with van der Waals surface area (Å²) in [5.74, 6) is 0.0931. The summed E-state index contributed by atoms with van der Waals surface area (Å²) in [7, 11) is 0. The van der Waals surface area contributed by atoms with Crippen molar-refractivity contribution in [3.63, 3.8) is 0 Å². The van der Waals surface area contributed by atoms with Crippen molar-refractivity contribution >= 4 is 34.2 Å². The minimum atomic E-state index is -4.49. The number of piperazine rings is 1. The number of anilines is 1. The Kier molecular flexibility index (Phi) is 4.62. The molecule has 1 amide bonds. The van der Waals surface area contributed by atoms with Gasteiger partial charge in [-0.05, 0) is 12.1 Å². The van der Waals surface area contributed by atoms with Crippen molar-refractivity contribution in [2.45, 2.75) is 6.18 Å². The Morgan fingerprint density at radius 2 is 1.86 bits per heavy atom. The monoisotopic (exact) mass is 409 g/mol. The van der Waals surface area contributed by atoms with Crippen LogP contribution < -0.4 is 4.90 Å². The number of nitrogens with zero attached hydrogens (tertiary/aromatic N) is 4. The molecule has 0 aliphatic carbocycles. The number of halogens is 4. The van der Waals surface area contributed by atoms with E-state index in [2.05, 4.69) is 15.2 Å². The lowest BCUT2D eigenvalue weighted by Crippen LogP contribution is -2.49. The topological polar surface area (TPSA) is 65.1 Å². The van der Waals surface area contributed by atoms with Crippen LogP contribution in [-0.2, 0) is 6.18 Å². The number of carbonyl (C=O) groups is 1. The van der Waals surface area contributed by atoms with Gasteiger partial charge in [0.05, 0.1) is 16.1 Å². The number of pyridine rings is 1. The second-order valence-corrected chi connectivity index (χ2v) is 6.83. The lowest BCUT2D eigenvalue weighted by molar-refractivity contribution is -0.137. The van der Waals surface area contributed by atoms with Crippen LogP contribution in [0.15, 0.2) is 36.5 Å². The molecule has 3 heterocycles. The van der Waals surface area contributed by atoms with Gasteiger partial charge in [-0.1, -0.05) is 29.8 Å². The van der Waals surface area contributed by atoms with Crippen LogP contribution in [0.4, 0.5) is 19.0 Å². The van der Waals surface area contributed by atoms with Crippen molar-refractivity contribution in [3.05, 3.63) is 52.8 Å². The van der Waals surface area contributed by atoms with Crippen molar-refractivity contribution in [2.75, 3.05) is 31.1 Å². The van der Waals surface area contributed by atoms with E-state index in [1.165, 1.54) is 0 Å². The summed E-state index contributed by atoms with van der Waals surface area (Å²) in [6, 6.07) is 8.24. The maximum Gasteiger partial charge on any atom is 0.417 e. The number of alkyl halides is 3. The summed E-state index contributed by atoms with van der Waals surface area (Å²) >= 11 is 6.02. The molecular formula is C18H15ClF3N5O. The van der Waals surface area contributed by atoms with E-state index in [1.807, 2.05) is 24.3 Å². The average Bonchev–Trinajstić information content (AvgIpc) is 3.11. The SMILES string of the molecule is O=C(c1n[nH]c2ccccc12)N1CCN(c2ncc(C(F)(F)F)cc2Cl)CC1. The molecule has 1 aromatic carbocycles. The van der Waals surface area contributed by atoms with E-state index < -0.39 is 11.7 Å². The predicted molar refractivity (Wildman–Crippen MR) is 98.5 cm³/mol. The highest BCUT2D eigenvalue weighted by Gasteiger charge is 2.32. The van der Waals surface area contributed by atoms with Crippen molar-refractivity contribution in [1.29, 1.82) is 0 Å². The van der Waals surface area contributed by atoms with Crippen LogP contribution in [0.2, 0.25) is 5.02 Å². The number of aromatic amines is 1. The number of para-hydroxylation sites is 1. The van der Waals surface area contributed by atoms with E-state index >= 15 is 0 Å². The number of hydrogen-bond donors (Lipinski definition) is 1. The molecule has 1 N–H and O–H groups in total. The maximum atomic E-state index is 12.8. The standard InChI is InChI=1S/C18H15ClF3N5O/c19-13-9-11(18(20,21)22)10-23-16(13)26-5-7-27(8-6-26)17(28)15-12-3-1-2-4-14(12)24-25-15/h1-4,9-10H,5-8H2,(H,24,25). The van der Waals surface area contributed by atoms with Crippen LogP contribution in [0.3, 0.4) is 0 Å². The fourth-order valence-electron chi connectivity index (χ4n) is 3.22. The van der Waals surface area contributed by atoms with E-state index in [0.717, 1.165) is 23.2 Å². The molecule has 2 aromatic heterocycles. The van der Waals surface area contributed by atoms with Gasteiger partial charge in [-0.3, -0.25) is 9.89 Å². The zero-order chi connectivity index (χ0) is 19.9. The van der Waals surface area contributed by atoms with Crippen molar-refractivity contribution in [2.24, 2.45) is 0 Å². The van der Waals surface area contributed by atoms with Gasteiger partial charge in [0.1, 0.15) is 5.82 Å². The predicted octanol–water partition coefficient (Wildman–Crippen LogP) is 3.59. The molecule has 1 fully saturated rings. The van der Waals surface area contributed by atoms with Crippen LogP contribution in [0, 0.1) is 0 Å². The third-order valence-electron chi connectivity index (χ3n) is 4.69. The highest BCUT2D eigenvalue weighted by molar-refractivity contribution is 6.33. The molecule has 6 nitrogen and oxygen atoms in total. The lowest BCUT2D eigenvalue weighted by atomic mass is 10.2. The first-order valence-electron chi connectivity index (χ1n) is 8.54. The molecular weight excluding hydrogens is 395 g/mol. The minimum absolute atomic E-state index is 0.0621. The van der Waals surface area contributed by atoms with Gasteiger partial charge in [-0.15, -0.1) is 0 Å². The molecule has 3 aromatic rings. The molecule has 0 unspecified atom stereocenters. The number of hydrogen-bond acceptors (Lipinski definition) is 4. The van der Waals surface area contributed by atoms with Gasteiger partial charge in [0.25, 0.3) is 5.91 Å². The lowest BCUT2D eigenvalue weighted by Gasteiger charge is -2.35. The quantitative estimate of drug-likeness (QED) is 0.702. The summed E-state index contributed by atoms with van der Waals surface area (Å²) in [6.45, 7) is 1.59. The van der Waals surface area contributed by atoms with E-state index in [9.17, 15) is 18.0 Å². The molecule has 0 radical (unpaired) electrons. The number of carbonyl (C=O) groups excluding carboxylic acids is 1. The van der Waals surface area contributed by atoms with Gasteiger partial charge in [0, 0.05) is 37.8 Å². The van der Waals surface area contributed by atoms with E-state index in [1.54, 1.807) is 9.80 Å². The average molecular weight is 410 g/mol. The van der Waals surface area contributed by atoms with Crippen LogP contribution >= 0.6 is 11.6 Å². The summed E-state index contributed by atoms with van der Waals surface area (Å²) in [5, 5.41) is 7.66. The number of amides is 1. The van der Waals surface area contributed by atoms with Crippen LogP contribution in [-0.4, -0.2) is 52.2 Å². The fourth-order valence-corrected chi connectivity index (χ4v) is 3.50. The number of aromatic nitrogens is 3. The Bertz CT molecular complexity index is 1030. The van der Waals surface area contributed by atoms with E-state index in [-0.39, 0.29) is 16.7 Å². The molecule has 0 saturated carbocycles. The minimum Gasteiger partial charge on any atom is -0.352 e. The van der Waals surface area contributed by atoms with Gasteiger partial charge in [0.2, 0.25) is 0 Å². The van der Waals surface area contributed by atoms with Crippen LogP contribution in [0.5, 0.6) is 0 Å². The second kappa shape index (κ2) is 6.97. The fraction of sp³-hybridized carbons (Fsp3) is 0.278. The molecule has 28 heavy (non-hydrogen) atoms. The number of nitrogens with one attached hydrogen (secondary N) is 1. The number of benzene rings is 1. The Hall–Kier alpha value is -2.81. The summed E-state index contributed by atoms with van der Waals surface area (Å²) < 4.78 is 38.3. The zero-order valence-electron chi connectivity index (χ0n) is 14.5. The van der Waals surface area contributed by atoms with Gasteiger partial charge in [-0.25, -0.2) is 4.98 Å². The van der Waals surface area contributed by atoms with Gasteiger partial charge in [-0.2, -0.15) is 18.3 Å². The maximum absolute atomic E-state index is 12.8. The van der Waals surface area contributed by atoms with E-state index in [4.69, 9.17) is 11.6 Å². The number of rotatable bonds is 2. The van der Waals surface area contributed by atoms with Gasteiger partial charge < -0.3 is 9.80 Å². The molecule has 1 aliphatic heterocycles. The van der Waals surface area contributed by atoms with Gasteiger partial charge in [0.15, 0.2) is 5.69 Å². The Morgan fingerprint density at radius 1 is 1.14 bits per heavy atom. The van der Waals surface area contributed by atoms with E-state index in [0.29, 0.717) is 31.9 Å². The molecule has 4 rings (SSSR count). The summed E-state index contributed by atoms with van der Waals surface area (Å²) in [6.07, 6.45) is -3.72. The molecule has 0 atom stereocenters. The molecule has 10 heteroatoms. The normalized spacial score (nSPS) is 15.3. The molecule has 1 aliphatic rings. The molecule has 0 spiro atoms. The third kappa shape index (κ3) is 3.37. The highest BCUT2D eigenvalue weighted by Crippen LogP contribution is 2.33. The molecule has 0 bridgehead atoms. The molecule has 146 valence electrons. The first-order chi connectivity index (χ1) is 13.3. The van der Waals surface area contributed by atoms with Crippen molar-refractivity contribution in [1.82, 2.24) is 20.1 Å². The largest absolute Gasteiger partial charge is 0.417 e. The first kappa shape index (κ1) is 18.5. The molecule has 1 saturated heterocycles. The Balaban J connectivity index is 1.47. The summed E-state index contributed by atoms with van der Waals surface area (Å²) in [4.78, 5) is 20.1. The first-order valence-corrected chi connectivity index (χ1v) is 8.92. The summed E-state index contributed by atoms with van der Waals surface area (Å²) in [5.41, 5.74) is 0.250. The number of H-pyrrole nitrogens is 1. The van der Waals surface area contributed by atoms with Crippen molar-refractivity contribution in [3.8, 4) is 0 Å². The van der Waals surface area contributed by atoms with Crippen LogP contribution in [0.25, 0.3) is 10.9 Å². The third-order valence-corrected chi connectivity index (χ3v) is 4.97. The van der Waals surface area contributed by atoms with Gasteiger partial charge >= 0.3 is 6.18 Å². The second-order valence-electron chi connectivity index (χ2n) is 6.42. The number of fused-ring (bicyclic) bond motifs is 1. The smallest absolute Gasteiger partial charge is 0.352 e. The zero-order valence-corrected chi connectivity index (χ0v) is 15.3.